The van der Waals surface area contributed by atoms with E-state index < -0.39 is 40.9 Å². The number of aromatic nitrogens is 1. The van der Waals surface area contributed by atoms with Crippen molar-refractivity contribution in [2.75, 3.05) is 38.3 Å². The van der Waals surface area contributed by atoms with Gasteiger partial charge in [-0.25, -0.2) is 9.18 Å². The minimum Gasteiger partial charge on any atom is -0.491 e. The van der Waals surface area contributed by atoms with E-state index in [1.54, 1.807) is 24.5 Å². The molecule has 1 heterocycles. The van der Waals surface area contributed by atoms with Gasteiger partial charge in [-0.1, -0.05) is 0 Å². The first-order valence-corrected chi connectivity index (χ1v) is 13.9. The number of rotatable bonds is 12. The van der Waals surface area contributed by atoms with E-state index in [1.165, 1.54) is 12.1 Å². The fourth-order valence-corrected chi connectivity index (χ4v) is 4.97. The Labute approximate surface area is 247 Å². The molecular formula is C32H33F3N2O6. The highest BCUT2D eigenvalue weighted by Gasteiger charge is 2.28. The van der Waals surface area contributed by atoms with Crippen LogP contribution in [-0.4, -0.2) is 49.9 Å². The Balaban J connectivity index is 1.93. The van der Waals surface area contributed by atoms with Crippen molar-refractivity contribution >= 4 is 28.5 Å². The average molecular weight is 599 g/mol. The number of methoxy groups -OCH3 is 1. The van der Waals surface area contributed by atoms with Crippen molar-refractivity contribution in [3.63, 3.8) is 0 Å². The van der Waals surface area contributed by atoms with Gasteiger partial charge in [0.05, 0.1) is 37.8 Å². The summed E-state index contributed by atoms with van der Waals surface area (Å²) < 4.78 is 65.8. The number of anilines is 1. The van der Waals surface area contributed by atoms with Gasteiger partial charge in [-0.3, -0.25) is 4.79 Å². The second-order valence-electron chi connectivity index (χ2n) is 9.35. The van der Waals surface area contributed by atoms with Gasteiger partial charge in [0.1, 0.15) is 5.75 Å². The lowest BCUT2D eigenvalue weighted by Gasteiger charge is -2.21. The lowest BCUT2D eigenvalue weighted by Crippen LogP contribution is -2.21. The van der Waals surface area contributed by atoms with Crippen molar-refractivity contribution in [1.82, 2.24) is 4.57 Å². The van der Waals surface area contributed by atoms with Crippen LogP contribution in [0.15, 0.2) is 48.5 Å². The normalized spacial score (nSPS) is 11.0. The third-order valence-electron chi connectivity index (χ3n) is 6.88. The van der Waals surface area contributed by atoms with Crippen LogP contribution in [0.2, 0.25) is 0 Å². The van der Waals surface area contributed by atoms with Gasteiger partial charge in [-0.2, -0.15) is 8.78 Å². The Bertz CT molecular complexity index is 1630. The van der Waals surface area contributed by atoms with Crippen molar-refractivity contribution in [2.24, 2.45) is 0 Å². The molecule has 0 N–H and O–H groups in total. The molecule has 8 nitrogen and oxygen atoms in total. The van der Waals surface area contributed by atoms with E-state index in [4.69, 9.17) is 14.2 Å². The number of fused-ring (bicyclic) bond motifs is 1. The maximum atomic E-state index is 14.7. The highest BCUT2D eigenvalue weighted by Crippen LogP contribution is 2.37. The molecule has 3 aromatic carbocycles. The second-order valence-corrected chi connectivity index (χ2v) is 9.35. The van der Waals surface area contributed by atoms with E-state index >= 15 is 0 Å². The highest BCUT2D eigenvalue weighted by molar-refractivity contribution is 6.07. The average Bonchev–Trinajstić information content (AvgIpc) is 3.30. The minimum atomic E-state index is -1.54. The van der Waals surface area contributed by atoms with Crippen molar-refractivity contribution in [1.29, 1.82) is 0 Å². The number of carbonyl (C=O) groups excluding carboxylic acids is 2. The maximum absolute atomic E-state index is 14.7. The molecule has 1 aromatic heterocycles. The van der Waals surface area contributed by atoms with Gasteiger partial charge in [0.15, 0.2) is 17.3 Å². The van der Waals surface area contributed by atoms with Crippen LogP contribution in [-0.2, 0) is 20.7 Å². The van der Waals surface area contributed by atoms with Crippen LogP contribution in [0.25, 0.3) is 16.6 Å². The molecule has 4 rings (SSSR count). The van der Waals surface area contributed by atoms with Crippen LogP contribution in [0.3, 0.4) is 0 Å². The molecular weight excluding hydrogens is 565 g/mol. The number of hydrogen-bond donors (Lipinski definition) is 0. The summed E-state index contributed by atoms with van der Waals surface area (Å²) >= 11 is 0. The Morgan fingerprint density at radius 2 is 1.53 bits per heavy atom. The number of benzene rings is 3. The van der Waals surface area contributed by atoms with Crippen LogP contribution >= 0.6 is 0 Å². The molecule has 0 aliphatic heterocycles. The zero-order valence-electron chi connectivity index (χ0n) is 24.6. The Morgan fingerprint density at radius 1 is 0.860 bits per heavy atom. The summed E-state index contributed by atoms with van der Waals surface area (Å²) in [6.07, 6.45) is -0.256. The van der Waals surface area contributed by atoms with Gasteiger partial charge < -0.3 is 28.4 Å². The summed E-state index contributed by atoms with van der Waals surface area (Å²) in [6, 6.07) is 12.8. The second kappa shape index (κ2) is 13.5. The molecule has 4 aromatic rings. The van der Waals surface area contributed by atoms with E-state index in [-0.39, 0.29) is 30.9 Å². The zero-order valence-corrected chi connectivity index (χ0v) is 24.6. The molecule has 0 aliphatic rings. The smallest absolute Gasteiger partial charge is 0.340 e. The third-order valence-corrected chi connectivity index (χ3v) is 6.88. The molecule has 0 amide bonds. The predicted octanol–water partition coefficient (Wildman–Crippen LogP) is 6.98. The fraction of sp³-hybridized carbons (Fsp3) is 0.312. The van der Waals surface area contributed by atoms with Crippen LogP contribution in [0.5, 0.6) is 17.2 Å². The van der Waals surface area contributed by atoms with Crippen LogP contribution in [0.1, 0.15) is 43.7 Å². The third kappa shape index (κ3) is 6.25. The first-order chi connectivity index (χ1) is 20.7. The number of carbonyl (C=O) groups is 2. The molecule has 0 radical (unpaired) electrons. The molecule has 0 saturated heterocycles. The van der Waals surface area contributed by atoms with Gasteiger partial charge in [0, 0.05) is 41.6 Å². The standard InChI is InChI=1S/C32H33F3N2O6/c1-6-36(7-2)19-10-12-20(13-11-19)37-24-15-14-21(43-26-17-23(33)31(40-5)30(35)29(26)34)16-22(24)28(32(39)42-9-4)25(37)18-27(38)41-8-3/h10-17H,6-9,18H2,1-5H3. The summed E-state index contributed by atoms with van der Waals surface area (Å²) in [7, 11) is 1.02. The monoisotopic (exact) mass is 598 g/mol. The molecule has 0 saturated carbocycles. The Kier molecular flexibility index (Phi) is 9.84. The molecule has 0 aliphatic carbocycles. The van der Waals surface area contributed by atoms with Crippen LogP contribution in [0, 0.1) is 17.5 Å². The molecule has 228 valence electrons. The Morgan fingerprint density at radius 3 is 2.14 bits per heavy atom. The van der Waals surface area contributed by atoms with Crippen molar-refractivity contribution < 1.29 is 41.7 Å². The van der Waals surface area contributed by atoms with Crippen molar-refractivity contribution in [2.45, 2.75) is 34.1 Å². The fourth-order valence-electron chi connectivity index (χ4n) is 4.97. The quantitative estimate of drug-likeness (QED) is 0.129. The van der Waals surface area contributed by atoms with E-state index in [0.717, 1.165) is 25.9 Å². The number of ether oxygens (including phenoxy) is 4. The summed E-state index contributed by atoms with van der Waals surface area (Å²) in [5, 5.41) is 0.318. The number of halogens is 3. The lowest BCUT2D eigenvalue weighted by atomic mass is 10.1. The lowest BCUT2D eigenvalue weighted by molar-refractivity contribution is -0.142. The summed E-state index contributed by atoms with van der Waals surface area (Å²) in [6.45, 7) is 9.28. The number of hydrogen-bond acceptors (Lipinski definition) is 7. The topological polar surface area (TPSA) is 79.2 Å². The molecule has 0 unspecified atom stereocenters. The molecule has 0 spiro atoms. The van der Waals surface area contributed by atoms with Gasteiger partial charge in [-0.15, -0.1) is 0 Å². The molecule has 11 heteroatoms. The largest absolute Gasteiger partial charge is 0.491 e. The summed E-state index contributed by atoms with van der Waals surface area (Å²) in [5.74, 6) is -7.00. The first-order valence-electron chi connectivity index (χ1n) is 13.9. The minimum absolute atomic E-state index is 0.0161. The van der Waals surface area contributed by atoms with E-state index in [1.807, 2.05) is 24.3 Å². The van der Waals surface area contributed by atoms with E-state index in [9.17, 15) is 22.8 Å². The van der Waals surface area contributed by atoms with E-state index in [2.05, 4.69) is 23.5 Å². The summed E-state index contributed by atoms with van der Waals surface area (Å²) in [4.78, 5) is 28.3. The van der Waals surface area contributed by atoms with Gasteiger partial charge in [0.25, 0.3) is 0 Å². The molecule has 0 atom stereocenters. The highest BCUT2D eigenvalue weighted by atomic mass is 19.2. The Hall–Kier alpha value is -4.67. The van der Waals surface area contributed by atoms with Crippen LogP contribution in [0.4, 0.5) is 18.9 Å². The predicted molar refractivity (Wildman–Crippen MR) is 156 cm³/mol. The van der Waals surface area contributed by atoms with Crippen LogP contribution < -0.4 is 14.4 Å². The van der Waals surface area contributed by atoms with Gasteiger partial charge >= 0.3 is 11.9 Å². The SMILES string of the molecule is CCOC(=O)Cc1c(C(=O)OCC)c2cc(Oc3cc(F)c(OC)c(F)c3F)ccc2n1-c1ccc(N(CC)CC)cc1. The number of nitrogens with zero attached hydrogens (tertiary/aromatic N) is 2. The van der Waals surface area contributed by atoms with E-state index in [0.29, 0.717) is 28.4 Å². The molecule has 43 heavy (non-hydrogen) atoms. The van der Waals surface area contributed by atoms with Crippen molar-refractivity contribution in [3.05, 3.63) is 77.2 Å². The number of esters is 2. The zero-order chi connectivity index (χ0) is 31.3. The van der Waals surface area contributed by atoms with Gasteiger partial charge in [-0.05, 0) is 70.2 Å². The summed E-state index contributed by atoms with van der Waals surface area (Å²) in [5.41, 5.74) is 2.56. The van der Waals surface area contributed by atoms with Crippen molar-refractivity contribution in [3.8, 4) is 22.9 Å². The van der Waals surface area contributed by atoms with Gasteiger partial charge in [0.2, 0.25) is 11.6 Å². The molecule has 0 fully saturated rings. The molecule has 0 bridgehead atoms. The first kappa shape index (κ1) is 31.3. The maximum Gasteiger partial charge on any atom is 0.340 e.